The first kappa shape index (κ1) is 22.0. The Labute approximate surface area is 181 Å². The Morgan fingerprint density at radius 3 is 2.10 bits per heavy atom. The van der Waals surface area contributed by atoms with Gasteiger partial charge in [-0.05, 0) is 35.9 Å². The van der Waals surface area contributed by atoms with Crippen molar-refractivity contribution in [1.29, 1.82) is 0 Å². The number of ether oxygens (including phenoxy) is 2. The summed E-state index contributed by atoms with van der Waals surface area (Å²) in [6, 6.07) is 13.2. The van der Waals surface area contributed by atoms with Crippen molar-refractivity contribution in [3.8, 4) is 23.0 Å². The number of amides is 2. The van der Waals surface area contributed by atoms with Crippen molar-refractivity contribution in [2.45, 2.75) is 6.92 Å². The Kier molecular flexibility index (Phi) is 6.69. The van der Waals surface area contributed by atoms with E-state index in [2.05, 4.69) is 9.97 Å². The maximum Gasteiger partial charge on any atom is 0.260 e. The highest BCUT2D eigenvalue weighted by Crippen LogP contribution is 2.26. The highest BCUT2D eigenvalue weighted by molar-refractivity contribution is 5.87. The Morgan fingerprint density at radius 2 is 1.42 bits per heavy atom. The van der Waals surface area contributed by atoms with Crippen LogP contribution in [-0.4, -0.2) is 73.0 Å². The largest absolute Gasteiger partial charge is 0.484 e. The van der Waals surface area contributed by atoms with Gasteiger partial charge in [0.1, 0.15) is 5.75 Å². The van der Waals surface area contributed by atoms with Crippen LogP contribution >= 0.6 is 0 Å². The lowest BCUT2D eigenvalue weighted by atomic mass is 10.1. The van der Waals surface area contributed by atoms with E-state index in [0.717, 1.165) is 22.0 Å². The summed E-state index contributed by atoms with van der Waals surface area (Å²) in [4.78, 5) is 35.4. The number of benzene rings is 2. The summed E-state index contributed by atoms with van der Waals surface area (Å²) in [6.07, 6.45) is 0. The predicted octanol–water partition coefficient (Wildman–Crippen LogP) is 2.54. The molecule has 0 unspecified atom stereocenters. The lowest BCUT2D eigenvalue weighted by molar-refractivity contribution is -0.131. The molecule has 0 fully saturated rings. The van der Waals surface area contributed by atoms with Gasteiger partial charge in [0.05, 0.1) is 0 Å². The minimum absolute atomic E-state index is 0.00712. The SMILES string of the molecule is Cc1cc(OCC(=O)N(C)C)nc(-c2ccc3cc(OCC(=O)N(C)C)ccc3c2)n1. The van der Waals surface area contributed by atoms with Crippen molar-refractivity contribution in [3.05, 3.63) is 48.2 Å². The van der Waals surface area contributed by atoms with Crippen LogP contribution in [0.5, 0.6) is 11.6 Å². The van der Waals surface area contributed by atoms with Gasteiger partial charge in [0.25, 0.3) is 11.8 Å². The number of carbonyl (C=O) groups excluding carboxylic acids is 2. The summed E-state index contributed by atoms with van der Waals surface area (Å²) in [5, 5.41) is 1.96. The molecule has 0 aliphatic heterocycles. The van der Waals surface area contributed by atoms with Crippen LogP contribution in [0.4, 0.5) is 0 Å². The zero-order valence-corrected chi connectivity index (χ0v) is 18.4. The van der Waals surface area contributed by atoms with Gasteiger partial charge in [0, 0.05) is 45.5 Å². The summed E-state index contributed by atoms with van der Waals surface area (Å²) in [6.45, 7) is 1.76. The third-order valence-corrected chi connectivity index (χ3v) is 4.60. The third kappa shape index (κ3) is 5.69. The van der Waals surface area contributed by atoms with Crippen molar-refractivity contribution in [3.63, 3.8) is 0 Å². The van der Waals surface area contributed by atoms with Gasteiger partial charge in [-0.3, -0.25) is 9.59 Å². The van der Waals surface area contributed by atoms with Crippen LogP contribution < -0.4 is 9.47 Å². The van der Waals surface area contributed by atoms with Crippen LogP contribution in [0.3, 0.4) is 0 Å². The molecule has 0 aliphatic rings. The fourth-order valence-corrected chi connectivity index (χ4v) is 2.73. The van der Waals surface area contributed by atoms with Gasteiger partial charge in [0.15, 0.2) is 19.0 Å². The van der Waals surface area contributed by atoms with Gasteiger partial charge in [0.2, 0.25) is 5.88 Å². The molecule has 0 saturated carbocycles. The fraction of sp³-hybridized carbons (Fsp3) is 0.304. The van der Waals surface area contributed by atoms with Gasteiger partial charge in [-0.1, -0.05) is 18.2 Å². The minimum atomic E-state index is -0.145. The monoisotopic (exact) mass is 422 g/mol. The molecule has 3 rings (SSSR count). The Hall–Kier alpha value is -3.68. The molecule has 8 nitrogen and oxygen atoms in total. The molecule has 3 aromatic rings. The number of hydrogen-bond donors (Lipinski definition) is 0. The van der Waals surface area contributed by atoms with Crippen LogP contribution in [0.1, 0.15) is 5.69 Å². The zero-order valence-electron chi connectivity index (χ0n) is 18.4. The molecule has 0 atom stereocenters. The molecular formula is C23H26N4O4. The van der Waals surface area contributed by atoms with Crippen molar-refractivity contribution in [1.82, 2.24) is 19.8 Å². The average Bonchev–Trinajstić information content (AvgIpc) is 2.74. The van der Waals surface area contributed by atoms with E-state index in [1.807, 2.05) is 43.3 Å². The standard InChI is InChI=1S/C23H26N4O4/c1-15-10-20(31-14-22(29)27(4)5)25-23(24-15)18-7-6-17-12-19(9-8-16(17)11-18)30-13-21(28)26(2)3/h6-12H,13-14H2,1-5H3. The molecule has 0 N–H and O–H groups in total. The van der Waals surface area contributed by atoms with Gasteiger partial charge in [-0.2, -0.15) is 4.98 Å². The Morgan fingerprint density at radius 1 is 0.806 bits per heavy atom. The molecule has 1 heterocycles. The quantitative estimate of drug-likeness (QED) is 0.582. The topological polar surface area (TPSA) is 84.9 Å². The summed E-state index contributed by atoms with van der Waals surface area (Å²) in [5.74, 6) is 1.26. The normalized spacial score (nSPS) is 10.6. The minimum Gasteiger partial charge on any atom is -0.484 e. The van der Waals surface area contributed by atoms with Crippen LogP contribution in [0, 0.1) is 6.92 Å². The lowest BCUT2D eigenvalue weighted by Crippen LogP contribution is -2.27. The van der Waals surface area contributed by atoms with Crippen LogP contribution in [0.15, 0.2) is 42.5 Å². The summed E-state index contributed by atoms with van der Waals surface area (Å²) in [5.41, 5.74) is 1.57. The Bertz CT molecular complexity index is 1110. The number of carbonyl (C=O) groups is 2. The van der Waals surface area contributed by atoms with Gasteiger partial charge < -0.3 is 19.3 Å². The predicted molar refractivity (Wildman–Crippen MR) is 118 cm³/mol. The fourth-order valence-electron chi connectivity index (χ4n) is 2.73. The third-order valence-electron chi connectivity index (χ3n) is 4.60. The van der Waals surface area contributed by atoms with Gasteiger partial charge >= 0.3 is 0 Å². The highest BCUT2D eigenvalue weighted by Gasteiger charge is 2.11. The number of likely N-dealkylation sites (N-methyl/N-ethyl adjacent to an activating group) is 2. The molecule has 2 amide bonds. The second kappa shape index (κ2) is 9.42. The molecular weight excluding hydrogens is 396 g/mol. The lowest BCUT2D eigenvalue weighted by Gasteiger charge is -2.12. The number of nitrogens with zero attached hydrogens (tertiary/aromatic N) is 4. The first-order valence-corrected chi connectivity index (χ1v) is 9.78. The number of hydrogen-bond acceptors (Lipinski definition) is 6. The van der Waals surface area contributed by atoms with Crippen molar-refractivity contribution in [2.75, 3.05) is 41.4 Å². The van der Waals surface area contributed by atoms with E-state index >= 15 is 0 Å². The van der Waals surface area contributed by atoms with E-state index in [-0.39, 0.29) is 25.0 Å². The summed E-state index contributed by atoms with van der Waals surface area (Å²) in [7, 11) is 6.73. The number of aromatic nitrogens is 2. The van der Waals surface area contributed by atoms with E-state index in [1.54, 1.807) is 34.3 Å². The molecule has 2 aromatic carbocycles. The van der Waals surface area contributed by atoms with Crippen molar-refractivity contribution < 1.29 is 19.1 Å². The number of aryl methyl sites for hydroxylation is 1. The molecule has 0 aliphatic carbocycles. The first-order chi connectivity index (χ1) is 14.7. The maximum atomic E-state index is 11.8. The van der Waals surface area contributed by atoms with E-state index in [0.29, 0.717) is 17.5 Å². The van der Waals surface area contributed by atoms with E-state index in [9.17, 15) is 9.59 Å². The van der Waals surface area contributed by atoms with Crippen molar-refractivity contribution >= 4 is 22.6 Å². The average molecular weight is 422 g/mol. The molecule has 162 valence electrons. The Balaban J connectivity index is 1.80. The first-order valence-electron chi connectivity index (χ1n) is 9.78. The smallest absolute Gasteiger partial charge is 0.260 e. The summed E-state index contributed by atoms with van der Waals surface area (Å²) < 4.78 is 11.1. The highest BCUT2D eigenvalue weighted by atomic mass is 16.5. The molecule has 0 spiro atoms. The van der Waals surface area contributed by atoms with E-state index in [1.165, 1.54) is 9.80 Å². The van der Waals surface area contributed by atoms with Crippen LogP contribution in [0.2, 0.25) is 0 Å². The number of fused-ring (bicyclic) bond motifs is 1. The van der Waals surface area contributed by atoms with Gasteiger partial charge in [-0.25, -0.2) is 4.98 Å². The van der Waals surface area contributed by atoms with Crippen LogP contribution in [0.25, 0.3) is 22.2 Å². The second-order valence-corrected chi connectivity index (χ2v) is 7.55. The van der Waals surface area contributed by atoms with E-state index < -0.39 is 0 Å². The second-order valence-electron chi connectivity index (χ2n) is 7.55. The molecule has 31 heavy (non-hydrogen) atoms. The number of rotatable bonds is 7. The van der Waals surface area contributed by atoms with Gasteiger partial charge in [-0.15, -0.1) is 0 Å². The van der Waals surface area contributed by atoms with E-state index in [4.69, 9.17) is 9.47 Å². The maximum absolute atomic E-state index is 11.8. The molecule has 1 aromatic heterocycles. The molecule has 0 bridgehead atoms. The van der Waals surface area contributed by atoms with Crippen molar-refractivity contribution in [2.24, 2.45) is 0 Å². The molecule has 0 radical (unpaired) electrons. The summed E-state index contributed by atoms with van der Waals surface area (Å²) >= 11 is 0. The zero-order chi connectivity index (χ0) is 22.5. The van der Waals surface area contributed by atoms with Crippen LogP contribution in [-0.2, 0) is 9.59 Å². The molecule has 0 saturated heterocycles. The molecule has 8 heteroatoms.